The molecule has 0 saturated carbocycles. The number of thioether (sulfide) groups is 1. The molecule has 0 bridgehead atoms. The zero-order valence-electron chi connectivity index (χ0n) is 15.4. The van der Waals surface area contributed by atoms with E-state index in [4.69, 9.17) is 11.6 Å². The molecule has 30 heavy (non-hydrogen) atoms. The van der Waals surface area contributed by atoms with Crippen molar-refractivity contribution < 1.29 is 9.18 Å². The van der Waals surface area contributed by atoms with E-state index < -0.39 is 0 Å². The summed E-state index contributed by atoms with van der Waals surface area (Å²) in [6.45, 7) is 0. The summed E-state index contributed by atoms with van der Waals surface area (Å²) in [6.07, 6.45) is 4.76. The second-order valence-corrected chi connectivity index (χ2v) is 7.43. The van der Waals surface area contributed by atoms with E-state index in [1.54, 1.807) is 53.4 Å². The Hall–Kier alpha value is -3.30. The number of hydrogen-bond donors (Lipinski definition) is 1. The fraction of sp³-hybridized carbons (Fsp3) is 0.0500. The Morgan fingerprint density at radius 2 is 1.83 bits per heavy atom. The highest BCUT2D eigenvalue weighted by molar-refractivity contribution is 7.99. The number of aromatic nitrogens is 5. The van der Waals surface area contributed by atoms with Crippen LogP contribution in [0.3, 0.4) is 0 Å². The van der Waals surface area contributed by atoms with Gasteiger partial charge in [0.05, 0.1) is 10.8 Å². The SMILES string of the molecule is O=C(CSc1nnc(-c2ccncc2)n1-c1ccc(F)cc1)Nc1ccc(Cl)cn1. The van der Waals surface area contributed by atoms with Crippen molar-refractivity contribution in [3.63, 3.8) is 0 Å². The van der Waals surface area contributed by atoms with Gasteiger partial charge in [-0.3, -0.25) is 14.3 Å². The Morgan fingerprint density at radius 1 is 1.07 bits per heavy atom. The first kappa shape index (κ1) is 20.0. The van der Waals surface area contributed by atoms with Crippen molar-refractivity contribution >= 4 is 35.1 Å². The molecule has 4 aromatic rings. The van der Waals surface area contributed by atoms with E-state index in [9.17, 15) is 9.18 Å². The quantitative estimate of drug-likeness (QED) is 0.451. The molecular formula is C20H14ClFN6OS. The summed E-state index contributed by atoms with van der Waals surface area (Å²) in [5, 5.41) is 12.2. The van der Waals surface area contributed by atoms with Gasteiger partial charge in [-0.15, -0.1) is 10.2 Å². The average molecular weight is 441 g/mol. The summed E-state index contributed by atoms with van der Waals surface area (Å²) in [4.78, 5) is 20.4. The van der Waals surface area contributed by atoms with Crippen LogP contribution in [0, 0.1) is 5.82 Å². The van der Waals surface area contributed by atoms with Crippen LogP contribution in [0.4, 0.5) is 10.2 Å². The number of rotatable bonds is 6. The number of pyridine rings is 2. The molecule has 7 nitrogen and oxygen atoms in total. The van der Waals surface area contributed by atoms with Crippen LogP contribution in [-0.4, -0.2) is 36.4 Å². The maximum atomic E-state index is 13.4. The Kier molecular flexibility index (Phi) is 6.01. The molecule has 0 saturated heterocycles. The fourth-order valence-electron chi connectivity index (χ4n) is 2.63. The highest BCUT2D eigenvalue weighted by atomic mass is 35.5. The molecular weight excluding hydrogens is 427 g/mol. The van der Waals surface area contributed by atoms with Gasteiger partial charge in [-0.05, 0) is 48.5 Å². The highest BCUT2D eigenvalue weighted by Gasteiger charge is 2.17. The maximum absolute atomic E-state index is 13.4. The monoisotopic (exact) mass is 440 g/mol. The van der Waals surface area contributed by atoms with E-state index in [1.165, 1.54) is 30.1 Å². The number of nitrogens with zero attached hydrogens (tertiary/aromatic N) is 5. The fourth-order valence-corrected chi connectivity index (χ4v) is 3.50. The molecule has 0 fully saturated rings. The number of benzene rings is 1. The van der Waals surface area contributed by atoms with Gasteiger partial charge >= 0.3 is 0 Å². The van der Waals surface area contributed by atoms with Crippen LogP contribution in [0.2, 0.25) is 5.02 Å². The van der Waals surface area contributed by atoms with Gasteiger partial charge in [-0.2, -0.15) is 0 Å². The van der Waals surface area contributed by atoms with Crippen LogP contribution in [0.1, 0.15) is 0 Å². The number of amides is 1. The van der Waals surface area contributed by atoms with Crippen LogP contribution in [0.5, 0.6) is 0 Å². The van der Waals surface area contributed by atoms with Crippen molar-refractivity contribution in [1.29, 1.82) is 0 Å². The smallest absolute Gasteiger partial charge is 0.236 e. The lowest BCUT2D eigenvalue weighted by molar-refractivity contribution is -0.113. The molecule has 10 heteroatoms. The predicted molar refractivity (Wildman–Crippen MR) is 113 cm³/mol. The third-order valence-corrected chi connectivity index (χ3v) is 5.14. The second-order valence-electron chi connectivity index (χ2n) is 6.05. The predicted octanol–water partition coefficient (Wildman–Crippen LogP) is 4.25. The summed E-state index contributed by atoms with van der Waals surface area (Å²) in [7, 11) is 0. The molecule has 3 heterocycles. The molecule has 0 aliphatic heterocycles. The lowest BCUT2D eigenvalue weighted by atomic mass is 10.2. The second kappa shape index (κ2) is 9.02. The van der Waals surface area contributed by atoms with Crippen LogP contribution in [0.25, 0.3) is 17.1 Å². The van der Waals surface area contributed by atoms with Gasteiger partial charge in [-0.1, -0.05) is 23.4 Å². The van der Waals surface area contributed by atoms with E-state index in [1.807, 2.05) is 0 Å². The van der Waals surface area contributed by atoms with Crippen LogP contribution < -0.4 is 5.32 Å². The van der Waals surface area contributed by atoms with Crippen molar-refractivity contribution in [2.45, 2.75) is 5.16 Å². The largest absolute Gasteiger partial charge is 0.310 e. The summed E-state index contributed by atoms with van der Waals surface area (Å²) < 4.78 is 15.2. The van der Waals surface area contributed by atoms with Gasteiger partial charge < -0.3 is 5.32 Å². The van der Waals surface area contributed by atoms with Crippen molar-refractivity contribution in [2.75, 3.05) is 11.1 Å². The van der Waals surface area contributed by atoms with Gasteiger partial charge in [0.25, 0.3) is 0 Å². The summed E-state index contributed by atoms with van der Waals surface area (Å²) in [5.74, 6) is 0.448. The number of nitrogens with one attached hydrogen (secondary N) is 1. The lowest BCUT2D eigenvalue weighted by Gasteiger charge is -2.10. The Labute approximate surface area is 180 Å². The van der Waals surface area contributed by atoms with Crippen molar-refractivity contribution in [2.24, 2.45) is 0 Å². The van der Waals surface area contributed by atoms with E-state index in [0.717, 1.165) is 5.56 Å². The zero-order valence-corrected chi connectivity index (χ0v) is 16.9. The summed E-state index contributed by atoms with van der Waals surface area (Å²) >= 11 is 7.01. The molecule has 4 rings (SSSR count). The van der Waals surface area contributed by atoms with Gasteiger partial charge in [-0.25, -0.2) is 9.37 Å². The highest BCUT2D eigenvalue weighted by Crippen LogP contribution is 2.28. The molecule has 1 N–H and O–H groups in total. The molecule has 1 amide bonds. The maximum Gasteiger partial charge on any atom is 0.236 e. The van der Waals surface area contributed by atoms with Crippen LogP contribution >= 0.6 is 23.4 Å². The van der Waals surface area contributed by atoms with Crippen LogP contribution in [0.15, 0.2) is 72.3 Å². The molecule has 0 aliphatic rings. The van der Waals surface area contributed by atoms with E-state index in [0.29, 0.717) is 27.5 Å². The number of anilines is 1. The summed E-state index contributed by atoms with van der Waals surface area (Å²) in [5.41, 5.74) is 1.47. The summed E-state index contributed by atoms with van der Waals surface area (Å²) in [6, 6.07) is 12.8. The molecule has 1 aromatic carbocycles. The Balaban J connectivity index is 1.58. The topological polar surface area (TPSA) is 85.6 Å². The van der Waals surface area contributed by atoms with Gasteiger partial charge in [0.2, 0.25) is 5.91 Å². The minimum atomic E-state index is -0.346. The van der Waals surface area contributed by atoms with Gasteiger partial charge in [0.1, 0.15) is 11.6 Å². The van der Waals surface area contributed by atoms with Gasteiger partial charge in [0, 0.05) is 29.8 Å². The van der Waals surface area contributed by atoms with Crippen LogP contribution in [-0.2, 0) is 4.79 Å². The molecule has 0 aliphatic carbocycles. The third-order valence-electron chi connectivity index (χ3n) is 3.98. The van der Waals surface area contributed by atoms with Crippen molar-refractivity contribution in [3.8, 4) is 17.1 Å². The van der Waals surface area contributed by atoms with E-state index in [2.05, 4.69) is 25.5 Å². The van der Waals surface area contributed by atoms with Crippen molar-refractivity contribution in [3.05, 3.63) is 78.0 Å². The molecule has 3 aromatic heterocycles. The lowest BCUT2D eigenvalue weighted by Crippen LogP contribution is -2.15. The number of halogens is 2. The van der Waals surface area contributed by atoms with Gasteiger partial charge in [0.15, 0.2) is 11.0 Å². The molecule has 0 spiro atoms. The number of carbonyl (C=O) groups excluding carboxylic acids is 1. The molecule has 150 valence electrons. The number of carbonyl (C=O) groups is 1. The van der Waals surface area contributed by atoms with E-state index in [-0.39, 0.29) is 17.5 Å². The normalized spacial score (nSPS) is 10.7. The Morgan fingerprint density at radius 3 is 2.53 bits per heavy atom. The average Bonchev–Trinajstić information content (AvgIpc) is 3.19. The molecule has 0 radical (unpaired) electrons. The first-order chi connectivity index (χ1) is 14.6. The first-order valence-corrected chi connectivity index (χ1v) is 10.1. The Bertz CT molecular complexity index is 1150. The number of hydrogen-bond acceptors (Lipinski definition) is 6. The minimum absolute atomic E-state index is 0.0833. The zero-order chi connectivity index (χ0) is 20.9. The van der Waals surface area contributed by atoms with E-state index >= 15 is 0 Å². The standard InChI is InChI=1S/C20H14ClFN6OS/c21-14-1-6-17(24-11-14)25-18(29)12-30-20-27-26-19(13-7-9-23-10-8-13)28(20)16-4-2-15(22)3-5-16/h1-11H,12H2,(H,24,25,29). The molecule has 0 atom stereocenters. The van der Waals surface area contributed by atoms with Crippen molar-refractivity contribution in [1.82, 2.24) is 24.7 Å². The first-order valence-electron chi connectivity index (χ1n) is 8.76. The minimum Gasteiger partial charge on any atom is -0.310 e. The molecule has 0 unspecified atom stereocenters. The third kappa shape index (κ3) is 4.64.